The molecule has 5 atom stereocenters. The number of aliphatic carboxylic acids is 2. The highest BCUT2D eigenvalue weighted by Gasteiger charge is 2.49. The molecule has 6 heterocycles. The second-order valence-electron chi connectivity index (χ2n) is 33.2. The van der Waals surface area contributed by atoms with Crippen molar-refractivity contribution in [3.8, 4) is 64.0 Å². The van der Waals surface area contributed by atoms with Crippen molar-refractivity contribution in [1.82, 2.24) is 59.7 Å². The molecule has 0 amide bonds. The zero-order chi connectivity index (χ0) is 96.0. The summed E-state index contributed by atoms with van der Waals surface area (Å²) >= 11 is 29.2. The van der Waals surface area contributed by atoms with Gasteiger partial charge in [0.15, 0.2) is 15.0 Å². The van der Waals surface area contributed by atoms with Crippen LogP contribution in [0.1, 0.15) is 149 Å². The number of carboxylic acids is 2. The van der Waals surface area contributed by atoms with E-state index in [1.165, 1.54) is 72.9 Å². The lowest BCUT2D eigenvalue weighted by Gasteiger charge is -2.34. The highest BCUT2D eigenvalue weighted by Crippen LogP contribution is 2.52. The molecule has 0 aliphatic heterocycles. The maximum Gasteiger partial charge on any atom is 0.404 e. The van der Waals surface area contributed by atoms with Crippen LogP contribution in [0, 0.1) is 22.7 Å². The molecule has 0 radical (unpaired) electrons. The number of nitrogens with one attached hydrogen (secondary N) is 3. The van der Waals surface area contributed by atoms with Crippen molar-refractivity contribution in [1.29, 1.82) is 0 Å². The van der Waals surface area contributed by atoms with Gasteiger partial charge in [0.05, 0.1) is 104 Å². The fourth-order valence-corrected chi connectivity index (χ4v) is 22.8. The monoisotopic (exact) mass is 2020 g/mol. The molecule has 6 aromatic heterocycles. The van der Waals surface area contributed by atoms with Crippen molar-refractivity contribution < 1.29 is 121 Å². The van der Waals surface area contributed by atoms with Crippen LogP contribution in [-0.2, 0) is 91.8 Å². The van der Waals surface area contributed by atoms with E-state index in [2.05, 4.69) is 62.0 Å². The summed E-state index contributed by atoms with van der Waals surface area (Å²) in [6, 6.07) is 8.35. The maximum absolute atomic E-state index is 13.7. The van der Waals surface area contributed by atoms with Crippen LogP contribution in [0.4, 0.5) is 57.1 Å². The molecule has 49 heteroatoms. The normalized spacial score (nSPS) is 16.5. The van der Waals surface area contributed by atoms with Gasteiger partial charge in [0.25, 0.3) is 24.1 Å². The van der Waals surface area contributed by atoms with Crippen molar-refractivity contribution in [3.63, 3.8) is 0 Å². The van der Waals surface area contributed by atoms with Crippen LogP contribution in [0.5, 0.6) is 0 Å². The SMILES string of the molecule is C=S(=O)(N[C@@H](C)C(F)(F)F)c1ccc(-c2sc(-c3nnc(CC(C)(C)C(=O)O)o3)nc2CC2CC(F)(F)C2)c2ccccc12.C=S(=O)(N[C@@H](CC)C(F)(F)F)c1ccc(-c2sc(-c3nnc(CC(C)(C)C(=O)O)o3)nc2CC2CC(F)(F)C2)c(Cl)c1Cl.CC[C@H](NS(=O)(=O)c1ccc(-c2sc(-c3nnc(CC(C)(C)OC=O)o3)nc2CC(C)(C)OC)c(Cl)c1Cl)C(F)(F)F. The lowest BCUT2D eigenvalue weighted by atomic mass is 9.78. The number of rotatable bonds is 34. The summed E-state index contributed by atoms with van der Waals surface area (Å²) in [6.45, 7) is 16.7. The number of hydrogen-bond acceptors (Lipinski definition) is 24. The Morgan fingerprint density at radius 2 is 0.891 bits per heavy atom. The third kappa shape index (κ3) is 24.9. The Labute approximate surface area is 763 Å². The van der Waals surface area contributed by atoms with E-state index < -0.39 is 135 Å². The molecule has 0 bridgehead atoms. The number of aromatic nitrogens is 9. The van der Waals surface area contributed by atoms with Crippen LogP contribution in [0.2, 0.25) is 20.1 Å². The van der Waals surface area contributed by atoms with Crippen molar-refractivity contribution in [3.05, 3.63) is 116 Å². The molecular weight excluding hydrogens is 1930 g/mol. The molecule has 0 spiro atoms. The zero-order valence-electron chi connectivity index (χ0n) is 70.3. The van der Waals surface area contributed by atoms with E-state index in [1.54, 1.807) is 48.9 Å². The number of carboxylic acid groups (broad SMARTS) is 2. The third-order valence-corrected chi connectivity index (χ3v) is 31.0. The third-order valence-electron chi connectivity index (χ3n) is 20.6. The maximum atomic E-state index is 13.7. The number of carbonyl (C=O) groups excluding carboxylic acids is 1. The van der Waals surface area contributed by atoms with E-state index in [9.17, 15) is 98.5 Å². The summed E-state index contributed by atoms with van der Waals surface area (Å²) in [5, 5.41) is 43.5. The van der Waals surface area contributed by atoms with Crippen LogP contribution in [0.3, 0.4) is 0 Å². The number of methoxy groups -OCH3 is 1. The van der Waals surface area contributed by atoms with Crippen molar-refractivity contribution in [2.45, 2.75) is 228 Å². The fourth-order valence-electron chi connectivity index (χ4n) is 13.3. The molecule has 2 aliphatic carbocycles. The number of halogens is 17. The van der Waals surface area contributed by atoms with Gasteiger partial charge in [-0.15, -0.1) is 64.6 Å². The predicted octanol–water partition coefficient (Wildman–Crippen LogP) is 20.4. The molecule has 5 N–H and O–H groups in total. The number of benzene rings is 4. The summed E-state index contributed by atoms with van der Waals surface area (Å²) in [4.78, 5) is 48.4. The number of nitrogens with zero attached hydrogens (tertiary/aromatic N) is 9. The summed E-state index contributed by atoms with van der Waals surface area (Å²) < 4.78 is 260. The predicted molar refractivity (Wildman–Crippen MR) is 462 cm³/mol. The molecule has 704 valence electrons. The smallest absolute Gasteiger partial charge is 0.404 e. The minimum atomic E-state index is -4.80. The molecule has 2 fully saturated rings. The van der Waals surface area contributed by atoms with E-state index >= 15 is 0 Å². The van der Waals surface area contributed by atoms with Gasteiger partial charge in [0, 0.05) is 68.7 Å². The first-order valence-electron chi connectivity index (χ1n) is 38.8. The van der Waals surface area contributed by atoms with Gasteiger partial charge in [-0.2, -0.15) is 44.2 Å². The second-order valence-corrected chi connectivity index (χ2v) is 43.4. The first kappa shape index (κ1) is 103. The highest BCUT2D eigenvalue weighted by molar-refractivity contribution is 7.99. The van der Waals surface area contributed by atoms with Crippen LogP contribution in [0.25, 0.3) is 74.8 Å². The van der Waals surface area contributed by atoms with Gasteiger partial charge in [-0.25, -0.2) is 58.8 Å². The summed E-state index contributed by atoms with van der Waals surface area (Å²) in [7, 11) is -10.5. The van der Waals surface area contributed by atoms with Gasteiger partial charge in [0.2, 0.25) is 39.5 Å². The van der Waals surface area contributed by atoms with Gasteiger partial charge >= 0.3 is 30.5 Å². The molecule has 10 aromatic rings. The number of hydrogen-bond donors (Lipinski definition) is 5. The Morgan fingerprint density at radius 3 is 1.29 bits per heavy atom. The molecule has 129 heavy (non-hydrogen) atoms. The lowest BCUT2D eigenvalue weighted by molar-refractivity contribution is -0.152. The van der Waals surface area contributed by atoms with Gasteiger partial charge in [-0.05, 0) is 141 Å². The summed E-state index contributed by atoms with van der Waals surface area (Å²) in [6.07, 6.45) is -15.6. The van der Waals surface area contributed by atoms with E-state index in [0.29, 0.717) is 64.5 Å². The first-order chi connectivity index (χ1) is 59.4. The number of fused-ring (bicyclic) bond motifs is 1. The Hall–Kier alpha value is -8.06. The molecule has 2 saturated carbocycles. The van der Waals surface area contributed by atoms with E-state index in [0.717, 1.165) is 47.0 Å². The van der Waals surface area contributed by atoms with Crippen molar-refractivity contribution in [2.24, 2.45) is 22.7 Å². The largest absolute Gasteiger partial charge is 0.481 e. The van der Waals surface area contributed by atoms with Gasteiger partial charge in [-0.1, -0.05) is 103 Å². The molecule has 2 aliphatic rings. The van der Waals surface area contributed by atoms with Gasteiger partial charge < -0.3 is 32.9 Å². The quantitative estimate of drug-likeness (QED) is 0.0142. The van der Waals surface area contributed by atoms with Crippen molar-refractivity contribution >= 4 is 151 Å². The molecule has 4 aromatic carbocycles. The van der Waals surface area contributed by atoms with Crippen LogP contribution in [0.15, 0.2) is 88.6 Å². The Balaban J connectivity index is 0.000000201. The minimum Gasteiger partial charge on any atom is -0.481 e. The minimum absolute atomic E-state index is 0.0321. The molecule has 12 rings (SSSR count). The van der Waals surface area contributed by atoms with Gasteiger partial charge in [-0.3, -0.25) is 14.4 Å². The van der Waals surface area contributed by atoms with Gasteiger partial charge in [0.1, 0.15) is 28.6 Å². The van der Waals surface area contributed by atoms with Crippen LogP contribution >= 0.6 is 80.4 Å². The molecule has 2 unspecified atom stereocenters. The average Bonchev–Trinajstić information content (AvgIpc) is 1.72. The standard InChI is InChI=1S/C29H29F5N4O4S2.C26H27Cl2F5N4O4S2.C25H29Cl2F3N4O6S2/c1-15(29(32,33)34)38-44(4,41)21-10-9-19(17-7-5-6-8-18(17)21)23-20(11-16-12-28(30,31)13-16)35-25(43-23)24-37-36-22(42-24)14-27(2,3)26(39)40;1-5-16(26(31,32)33)37-43(4,40)15-7-6-13(18(27)19(15)28)20-14(8-12-9-25(29,30)10-12)34-22(42-20)21-36-35-17(41-21)11-24(2,3)23(38)39;1-7-16(25(28,29)30)34-42(36,37)15-9-8-13(18(26)19(15)27)20-14(10-23(2,3)38-6)31-22(41-20)21-33-32-17(40-21)11-24(4,5)39-12-35/h5-10,15-16H,4,11-14H2,1-3H3,(H,38,41)(H,39,40);6-7,12,16H,4-5,8-11H2,1-3H3,(H,37,40)(H,38,39);8-9,12,16,34H,7,10-11H2,1-6H3/t15-,44?;16-,43?;16-/m000/s1. The number of carbonyl (C=O) groups is 3. The number of ether oxygens (including phenoxy) is 2. The Bertz CT molecular complexity index is 6160. The Kier molecular flexibility index (Phi) is 31.0. The lowest BCUT2D eigenvalue weighted by Crippen LogP contribution is -2.44. The second kappa shape index (κ2) is 38.9. The highest BCUT2D eigenvalue weighted by atomic mass is 35.5. The molecule has 26 nitrogen and oxygen atoms in total. The first-order valence-corrected chi connectivity index (χ1v) is 47.7. The van der Waals surface area contributed by atoms with E-state index in [4.69, 9.17) is 69.1 Å². The molecule has 0 saturated heterocycles. The van der Waals surface area contributed by atoms with E-state index in [1.807, 2.05) is 18.6 Å². The zero-order valence-corrected chi connectivity index (χ0v) is 78.3. The molecular formula is C80H85Cl4F13N12O14S6. The topological polar surface area (TPSA) is 370 Å². The fraction of sp³-hybridized carbons (Fsp3) is 0.475. The summed E-state index contributed by atoms with van der Waals surface area (Å²) in [5.41, 5.74) is -1.44. The number of alkyl halides is 13. The van der Waals surface area contributed by atoms with Crippen LogP contribution < -0.4 is 14.2 Å². The Morgan fingerprint density at radius 1 is 0.519 bits per heavy atom. The summed E-state index contributed by atoms with van der Waals surface area (Å²) in [5.74, 6) is -0.912. The average molecular weight is 2020 g/mol. The van der Waals surface area contributed by atoms with Crippen LogP contribution in [-0.4, -0.2) is 170 Å². The number of thiazole rings is 3. The van der Waals surface area contributed by atoms with Crippen molar-refractivity contribution in [2.75, 3.05) is 7.11 Å². The van der Waals surface area contributed by atoms with E-state index in [-0.39, 0.29) is 152 Å². The number of sulfonamides is 1.